The van der Waals surface area contributed by atoms with Gasteiger partial charge in [-0.25, -0.2) is 0 Å². The van der Waals surface area contributed by atoms with Gasteiger partial charge < -0.3 is 88.7 Å². The van der Waals surface area contributed by atoms with Crippen molar-refractivity contribution >= 4 is 5.78 Å². The van der Waals surface area contributed by atoms with Crippen molar-refractivity contribution in [3.63, 3.8) is 0 Å². The second kappa shape index (κ2) is 14.8. The summed E-state index contributed by atoms with van der Waals surface area (Å²) in [6.07, 6.45) is -14.5. The molecule has 0 aromatic rings. The van der Waals surface area contributed by atoms with E-state index < -0.39 is 116 Å². The molecule has 18 N–H and O–H groups in total. The van der Waals surface area contributed by atoms with Crippen molar-refractivity contribution in [3.8, 4) is 0 Å². The quantitative estimate of drug-likeness (QED) is 0.0833. The molecule has 4 aliphatic rings. The first kappa shape index (κ1) is 35.8. The largest absolute Gasteiger partial charge is 0.394 e. The van der Waals surface area contributed by atoms with Crippen LogP contribution in [-0.4, -0.2) is 165 Å². The minimum Gasteiger partial charge on any atom is -0.394 e. The van der Waals surface area contributed by atoms with Crippen LogP contribution in [0.25, 0.3) is 0 Å². The topological polar surface area (TPSA) is 338 Å². The molecule has 3 unspecified atom stereocenters. The zero-order valence-corrected chi connectivity index (χ0v) is 24.5. The molecule has 4 rings (SSSR count). The standard InChI is InChI=1S/C26H50N6O12/c27-2-1-3-32-16-20(38)18(36)11(7-28)41-24(16)44-23-10(29)4-9(5-14(34)26(40)6-13(26)30)22(21(23)39)43-25-19(37)15(31)17(35)12(8-33)42-25/h9-13,15-25,32-33,35-40H,1-8,27-31H2/t9-,10-,11+,12+,13?,15-,16+,17+,18+,19+,20+,21+,22-,23?,24+,25+,26?/m0/s1. The van der Waals surface area contributed by atoms with E-state index in [9.17, 15) is 40.5 Å². The second-order valence-corrected chi connectivity index (χ2v) is 12.4. The average Bonchev–Trinajstić information content (AvgIpc) is 3.62. The molecule has 0 amide bonds. The van der Waals surface area contributed by atoms with Crippen molar-refractivity contribution in [2.75, 3.05) is 26.2 Å². The molecule has 18 heteroatoms. The summed E-state index contributed by atoms with van der Waals surface area (Å²) in [5, 5.41) is 77.3. The first-order chi connectivity index (χ1) is 20.8. The lowest BCUT2D eigenvalue weighted by molar-refractivity contribution is -0.324. The van der Waals surface area contributed by atoms with Crippen LogP contribution in [0.15, 0.2) is 0 Å². The van der Waals surface area contributed by atoms with Gasteiger partial charge in [0, 0.05) is 31.5 Å². The van der Waals surface area contributed by atoms with E-state index in [1.807, 2.05) is 0 Å². The maximum atomic E-state index is 13.0. The molecule has 0 aromatic carbocycles. The number of aliphatic hydroxyl groups is 7. The summed E-state index contributed by atoms with van der Waals surface area (Å²) < 4.78 is 23.6. The summed E-state index contributed by atoms with van der Waals surface area (Å²) in [6.45, 7) is -0.0970. The molecular weight excluding hydrogens is 588 g/mol. The highest BCUT2D eigenvalue weighted by molar-refractivity contribution is 5.91. The fourth-order valence-electron chi connectivity index (χ4n) is 6.29. The van der Waals surface area contributed by atoms with Gasteiger partial charge in [-0.3, -0.25) is 4.79 Å². The zero-order valence-electron chi connectivity index (χ0n) is 24.5. The van der Waals surface area contributed by atoms with E-state index in [0.717, 1.165) is 0 Å². The molecule has 2 saturated heterocycles. The Morgan fingerprint density at radius 1 is 0.886 bits per heavy atom. The number of nitrogens with two attached hydrogens (primary N) is 5. The van der Waals surface area contributed by atoms with E-state index in [1.165, 1.54) is 0 Å². The molecule has 2 aliphatic carbocycles. The lowest BCUT2D eigenvalue weighted by atomic mass is 9.76. The Morgan fingerprint density at radius 3 is 2.11 bits per heavy atom. The van der Waals surface area contributed by atoms with Gasteiger partial charge in [0.2, 0.25) is 0 Å². The highest BCUT2D eigenvalue weighted by Gasteiger charge is 2.58. The average molecular weight is 639 g/mol. The molecule has 0 radical (unpaired) electrons. The summed E-state index contributed by atoms with van der Waals surface area (Å²) in [4.78, 5) is 13.0. The van der Waals surface area contributed by atoms with Crippen LogP contribution in [0, 0.1) is 5.92 Å². The van der Waals surface area contributed by atoms with Gasteiger partial charge in [-0.2, -0.15) is 0 Å². The molecule has 2 saturated carbocycles. The lowest BCUT2D eigenvalue weighted by Gasteiger charge is -2.49. The third kappa shape index (κ3) is 7.26. The van der Waals surface area contributed by atoms with Crippen LogP contribution in [0.2, 0.25) is 0 Å². The van der Waals surface area contributed by atoms with Crippen LogP contribution in [0.1, 0.15) is 25.7 Å². The maximum Gasteiger partial charge on any atom is 0.186 e. The van der Waals surface area contributed by atoms with Gasteiger partial charge in [-0.05, 0) is 31.8 Å². The molecule has 0 spiro atoms. The van der Waals surface area contributed by atoms with Crippen LogP contribution in [0.4, 0.5) is 0 Å². The predicted molar refractivity (Wildman–Crippen MR) is 150 cm³/mol. The zero-order chi connectivity index (χ0) is 32.5. The molecule has 18 nitrogen and oxygen atoms in total. The Labute approximate surface area is 254 Å². The Morgan fingerprint density at radius 2 is 1.52 bits per heavy atom. The highest BCUT2D eigenvalue weighted by Crippen LogP contribution is 2.41. The van der Waals surface area contributed by atoms with Gasteiger partial charge in [0.05, 0.1) is 24.8 Å². The number of ketones is 1. The van der Waals surface area contributed by atoms with E-state index >= 15 is 0 Å². The number of nitrogens with one attached hydrogen (secondary N) is 1. The third-order valence-corrected chi connectivity index (χ3v) is 9.26. The fourth-order valence-corrected chi connectivity index (χ4v) is 6.29. The maximum absolute atomic E-state index is 13.0. The van der Waals surface area contributed by atoms with Crippen LogP contribution < -0.4 is 34.0 Å². The Hall–Kier alpha value is -1.01. The molecular formula is C26H50N6O12. The normalized spacial score (nSPS) is 49.5. The number of hydrogen-bond acceptors (Lipinski definition) is 18. The summed E-state index contributed by atoms with van der Waals surface area (Å²) in [5.74, 6) is -1.40. The number of carbonyl (C=O) groups is 1. The first-order valence-electron chi connectivity index (χ1n) is 15.1. The minimum absolute atomic E-state index is 0.0217. The van der Waals surface area contributed by atoms with Gasteiger partial charge >= 0.3 is 0 Å². The van der Waals surface area contributed by atoms with Gasteiger partial charge in [-0.15, -0.1) is 0 Å². The van der Waals surface area contributed by atoms with E-state index in [1.54, 1.807) is 0 Å². The van der Waals surface area contributed by atoms with E-state index in [2.05, 4.69) is 5.32 Å². The number of carbonyl (C=O) groups excluding carboxylic acids is 1. The van der Waals surface area contributed by atoms with Crippen molar-refractivity contribution in [1.29, 1.82) is 0 Å². The minimum atomic E-state index is -1.71. The van der Waals surface area contributed by atoms with Crippen molar-refractivity contribution in [1.82, 2.24) is 5.32 Å². The molecule has 4 fully saturated rings. The molecule has 17 atom stereocenters. The third-order valence-electron chi connectivity index (χ3n) is 9.26. The summed E-state index contributed by atoms with van der Waals surface area (Å²) >= 11 is 0. The molecule has 44 heavy (non-hydrogen) atoms. The van der Waals surface area contributed by atoms with Crippen molar-refractivity contribution in [2.24, 2.45) is 34.6 Å². The fraction of sp³-hybridized carbons (Fsp3) is 0.962. The van der Waals surface area contributed by atoms with E-state index in [4.69, 9.17) is 47.6 Å². The number of ether oxygens (including phenoxy) is 4. The van der Waals surface area contributed by atoms with Crippen LogP contribution in [0.5, 0.6) is 0 Å². The Kier molecular flexibility index (Phi) is 12.1. The second-order valence-electron chi connectivity index (χ2n) is 12.4. The number of hydrogen-bond donors (Lipinski definition) is 13. The van der Waals surface area contributed by atoms with Crippen molar-refractivity contribution < 1.29 is 59.5 Å². The smallest absolute Gasteiger partial charge is 0.186 e. The molecule has 0 aromatic heterocycles. The van der Waals surface area contributed by atoms with Crippen LogP contribution in [-0.2, 0) is 23.7 Å². The predicted octanol–water partition coefficient (Wildman–Crippen LogP) is -7.64. The van der Waals surface area contributed by atoms with E-state index in [0.29, 0.717) is 19.5 Å². The summed E-state index contributed by atoms with van der Waals surface area (Å²) in [6, 6.07) is -3.91. The Balaban J connectivity index is 1.58. The molecule has 2 heterocycles. The monoisotopic (exact) mass is 638 g/mol. The molecule has 2 aliphatic heterocycles. The van der Waals surface area contributed by atoms with Crippen LogP contribution in [0.3, 0.4) is 0 Å². The summed E-state index contributed by atoms with van der Waals surface area (Å²) in [5.41, 5.74) is 27.8. The van der Waals surface area contributed by atoms with Gasteiger partial charge in [0.15, 0.2) is 18.4 Å². The van der Waals surface area contributed by atoms with Crippen molar-refractivity contribution in [3.05, 3.63) is 0 Å². The summed E-state index contributed by atoms with van der Waals surface area (Å²) in [7, 11) is 0. The van der Waals surface area contributed by atoms with Gasteiger partial charge in [0.25, 0.3) is 0 Å². The Bertz CT molecular complexity index is 957. The van der Waals surface area contributed by atoms with Gasteiger partial charge in [-0.1, -0.05) is 0 Å². The van der Waals surface area contributed by atoms with E-state index in [-0.39, 0.29) is 25.8 Å². The SMILES string of the molecule is NCCCN[C@H]1[C@@H](OC2[C@@H](N)C[C@@H](CC(=O)C3(O)CC3N)[C@H](O[C@H]3O[C@H](CO)[C@@H](O)[C@H](N)[C@H]3O)[C@H]2O)O[C@H](CN)[C@@H](O)[C@@H]1O. The molecule has 256 valence electrons. The number of aliphatic hydroxyl groups excluding tert-OH is 6. The number of Topliss-reactive ketones (excluding diaryl/α,β-unsaturated/α-hetero) is 1. The first-order valence-corrected chi connectivity index (χ1v) is 15.1. The highest BCUT2D eigenvalue weighted by atomic mass is 16.7. The lowest BCUT2D eigenvalue weighted by Crippen LogP contribution is -2.68. The number of rotatable bonds is 13. The van der Waals surface area contributed by atoms with Crippen molar-refractivity contribution in [2.45, 2.75) is 123 Å². The van der Waals surface area contributed by atoms with Gasteiger partial charge in [0.1, 0.15) is 54.4 Å². The molecule has 0 bridgehead atoms. The van der Waals surface area contributed by atoms with Crippen LogP contribution >= 0.6 is 0 Å².